The van der Waals surface area contributed by atoms with E-state index in [1.54, 1.807) is 24.7 Å². The van der Waals surface area contributed by atoms with Gasteiger partial charge >= 0.3 is 5.97 Å². The van der Waals surface area contributed by atoms with Crippen molar-refractivity contribution in [1.29, 1.82) is 0 Å². The first-order valence-corrected chi connectivity index (χ1v) is 5.37. The first kappa shape index (κ1) is 10.5. The van der Waals surface area contributed by atoms with Gasteiger partial charge in [-0.3, -0.25) is 4.98 Å². The fourth-order valence-electron chi connectivity index (χ4n) is 1.92. The van der Waals surface area contributed by atoms with Gasteiger partial charge in [0.25, 0.3) is 0 Å². The number of carboxylic acid groups (broad SMARTS) is 1. The number of aromatic amines is 1. The van der Waals surface area contributed by atoms with Gasteiger partial charge in [0, 0.05) is 29.5 Å². The van der Waals surface area contributed by atoms with Gasteiger partial charge < -0.3 is 10.1 Å². The number of carbonyl (C=O) groups is 1. The molecule has 3 aromatic heterocycles. The van der Waals surface area contributed by atoms with E-state index in [1.807, 2.05) is 18.2 Å². The summed E-state index contributed by atoms with van der Waals surface area (Å²) >= 11 is 0. The van der Waals surface area contributed by atoms with Gasteiger partial charge in [-0.1, -0.05) is 6.07 Å². The molecular formula is C13H9N3O2. The molecule has 0 bridgehead atoms. The third-order valence-electron chi connectivity index (χ3n) is 2.73. The van der Waals surface area contributed by atoms with Crippen LogP contribution in [0, 0.1) is 0 Å². The quantitative estimate of drug-likeness (QED) is 0.719. The molecule has 0 aliphatic rings. The predicted octanol–water partition coefficient (Wildman–Crippen LogP) is 2.32. The van der Waals surface area contributed by atoms with Gasteiger partial charge in [-0.2, -0.15) is 0 Å². The normalized spacial score (nSPS) is 10.7. The second kappa shape index (κ2) is 3.96. The first-order valence-electron chi connectivity index (χ1n) is 5.37. The van der Waals surface area contributed by atoms with Crippen molar-refractivity contribution in [2.45, 2.75) is 0 Å². The molecule has 0 saturated heterocycles. The van der Waals surface area contributed by atoms with Crippen molar-refractivity contribution in [2.75, 3.05) is 0 Å². The van der Waals surface area contributed by atoms with Crippen LogP contribution in [0.4, 0.5) is 0 Å². The maximum atomic E-state index is 10.9. The minimum atomic E-state index is -0.995. The topological polar surface area (TPSA) is 78.9 Å². The van der Waals surface area contributed by atoms with Crippen molar-refractivity contribution in [1.82, 2.24) is 15.0 Å². The SMILES string of the molecule is O=C(O)c1cc2c(-c3cccnc3)ccnc2[nH]1. The van der Waals surface area contributed by atoms with E-state index in [0.717, 1.165) is 16.5 Å². The van der Waals surface area contributed by atoms with E-state index in [1.165, 1.54) is 0 Å². The summed E-state index contributed by atoms with van der Waals surface area (Å²) < 4.78 is 0. The smallest absolute Gasteiger partial charge is 0.352 e. The third-order valence-corrected chi connectivity index (χ3v) is 2.73. The molecule has 0 radical (unpaired) electrons. The van der Waals surface area contributed by atoms with Crippen LogP contribution in [-0.2, 0) is 0 Å². The number of nitrogens with zero attached hydrogens (tertiary/aromatic N) is 2. The molecule has 88 valence electrons. The standard InChI is InChI=1S/C13H9N3O2/c17-13(18)11-6-10-9(3-5-15-12(10)16-11)8-2-1-4-14-7-8/h1-7H,(H,15,16)(H,17,18). The minimum absolute atomic E-state index is 0.133. The number of aromatic carboxylic acids is 1. The molecule has 3 rings (SSSR count). The molecule has 5 heteroatoms. The zero-order valence-corrected chi connectivity index (χ0v) is 9.29. The maximum Gasteiger partial charge on any atom is 0.352 e. The molecular weight excluding hydrogens is 230 g/mol. The molecule has 0 unspecified atom stereocenters. The Morgan fingerprint density at radius 1 is 1.28 bits per heavy atom. The summed E-state index contributed by atoms with van der Waals surface area (Å²) in [7, 11) is 0. The molecule has 0 aliphatic carbocycles. The first-order chi connectivity index (χ1) is 8.75. The van der Waals surface area contributed by atoms with Crippen LogP contribution in [0.3, 0.4) is 0 Å². The molecule has 3 aromatic rings. The van der Waals surface area contributed by atoms with Gasteiger partial charge in [0.15, 0.2) is 0 Å². The second-order valence-electron chi connectivity index (χ2n) is 3.85. The molecule has 5 nitrogen and oxygen atoms in total. The number of aromatic nitrogens is 3. The average Bonchev–Trinajstić information content (AvgIpc) is 2.83. The Bertz CT molecular complexity index is 719. The van der Waals surface area contributed by atoms with Gasteiger partial charge in [0.2, 0.25) is 0 Å². The highest BCUT2D eigenvalue weighted by Crippen LogP contribution is 2.27. The van der Waals surface area contributed by atoms with Crippen LogP contribution in [-0.4, -0.2) is 26.0 Å². The van der Waals surface area contributed by atoms with E-state index in [-0.39, 0.29) is 5.69 Å². The van der Waals surface area contributed by atoms with Gasteiger partial charge in [-0.25, -0.2) is 9.78 Å². The Kier molecular flexibility index (Phi) is 2.30. The fraction of sp³-hybridized carbons (Fsp3) is 0. The van der Waals surface area contributed by atoms with Crippen LogP contribution in [0.1, 0.15) is 10.5 Å². The van der Waals surface area contributed by atoms with Crippen LogP contribution in [0.5, 0.6) is 0 Å². The molecule has 0 aliphatic heterocycles. The van der Waals surface area contributed by atoms with Crippen molar-refractivity contribution in [3.05, 3.63) is 48.5 Å². The van der Waals surface area contributed by atoms with E-state index in [2.05, 4.69) is 15.0 Å². The number of hydrogen-bond donors (Lipinski definition) is 2. The summed E-state index contributed by atoms with van der Waals surface area (Å²) in [5.41, 5.74) is 2.54. The number of carboxylic acids is 1. The van der Waals surface area contributed by atoms with E-state index in [9.17, 15) is 4.79 Å². The summed E-state index contributed by atoms with van der Waals surface area (Å²) in [6, 6.07) is 7.20. The van der Waals surface area contributed by atoms with E-state index < -0.39 is 5.97 Å². The highest BCUT2D eigenvalue weighted by atomic mass is 16.4. The molecule has 0 aromatic carbocycles. The predicted molar refractivity (Wildman–Crippen MR) is 66.3 cm³/mol. The summed E-state index contributed by atoms with van der Waals surface area (Å²) in [4.78, 5) is 21.9. The van der Waals surface area contributed by atoms with Gasteiger partial charge in [-0.15, -0.1) is 0 Å². The number of hydrogen-bond acceptors (Lipinski definition) is 3. The summed E-state index contributed by atoms with van der Waals surface area (Å²) in [5.74, 6) is -0.995. The maximum absolute atomic E-state index is 10.9. The lowest BCUT2D eigenvalue weighted by molar-refractivity contribution is 0.0691. The highest BCUT2D eigenvalue weighted by Gasteiger charge is 2.11. The van der Waals surface area contributed by atoms with Crippen LogP contribution in [0.25, 0.3) is 22.2 Å². The zero-order valence-electron chi connectivity index (χ0n) is 9.29. The minimum Gasteiger partial charge on any atom is -0.477 e. The van der Waals surface area contributed by atoms with Crippen LogP contribution in [0.2, 0.25) is 0 Å². The molecule has 0 fully saturated rings. The Hall–Kier alpha value is -2.69. The summed E-state index contributed by atoms with van der Waals surface area (Å²) in [5, 5.41) is 9.76. The van der Waals surface area contributed by atoms with Crippen molar-refractivity contribution in [2.24, 2.45) is 0 Å². The lowest BCUT2D eigenvalue weighted by Crippen LogP contribution is -1.94. The highest BCUT2D eigenvalue weighted by molar-refractivity contribution is 5.99. The van der Waals surface area contributed by atoms with Gasteiger partial charge in [0.1, 0.15) is 11.3 Å². The third kappa shape index (κ3) is 1.62. The molecule has 0 atom stereocenters. The lowest BCUT2D eigenvalue weighted by atomic mass is 10.1. The van der Waals surface area contributed by atoms with Gasteiger partial charge in [-0.05, 0) is 23.8 Å². The molecule has 2 N–H and O–H groups in total. The Balaban J connectivity index is 2.27. The molecule has 18 heavy (non-hydrogen) atoms. The number of fused-ring (bicyclic) bond motifs is 1. The number of H-pyrrole nitrogens is 1. The Morgan fingerprint density at radius 3 is 2.89 bits per heavy atom. The summed E-state index contributed by atoms with van der Waals surface area (Å²) in [6.45, 7) is 0. The Morgan fingerprint density at radius 2 is 2.17 bits per heavy atom. The molecule has 0 amide bonds. The fourth-order valence-corrected chi connectivity index (χ4v) is 1.92. The van der Waals surface area contributed by atoms with Gasteiger partial charge in [0.05, 0.1) is 0 Å². The molecule has 3 heterocycles. The van der Waals surface area contributed by atoms with Crippen LogP contribution in [0.15, 0.2) is 42.9 Å². The zero-order chi connectivity index (χ0) is 12.5. The van der Waals surface area contributed by atoms with Crippen LogP contribution >= 0.6 is 0 Å². The molecule has 0 saturated carbocycles. The number of rotatable bonds is 2. The van der Waals surface area contributed by atoms with E-state index in [0.29, 0.717) is 5.65 Å². The van der Waals surface area contributed by atoms with E-state index in [4.69, 9.17) is 5.11 Å². The van der Waals surface area contributed by atoms with Crippen molar-refractivity contribution in [3.63, 3.8) is 0 Å². The average molecular weight is 239 g/mol. The van der Waals surface area contributed by atoms with Crippen molar-refractivity contribution in [3.8, 4) is 11.1 Å². The van der Waals surface area contributed by atoms with Crippen LogP contribution < -0.4 is 0 Å². The second-order valence-corrected chi connectivity index (χ2v) is 3.85. The number of nitrogens with one attached hydrogen (secondary N) is 1. The summed E-state index contributed by atoms with van der Waals surface area (Å²) in [6.07, 6.45) is 5.08. The monoisotopic (exact) mass is 239 g/mol. The van der Waals surface area contributed by atoms with Crippen molar-refractivity contribution < 1.29 is 9.90 Å². The molecule has 0 spiro atoms. The Labute approximate surface area is 102 Å². The van der Waals surface area contributed by atoms with Crippen molar-refractivity contribution >= 4 is 17.0 Å². The van der Waals surface area contributed by atoms with E-state index >= 15 is 0 Å². The lowest BCUT2D eigenvalue weighted by Gasteiger charge is -2.01. The largest absolute Gasteiger partial charge is 0.477 e. The number of pyridine rings is 2.